The molecule has 148 valence electrons. The van der Waals surface area contributed by atoms with Gasteiger partial charge in [-0.25, -0.2) is 8.42 Å². The van der Waals surface area contributed by atoms with Crippen LogP contribution >= 0.6 is 0 Å². The zero-order chi connectivity index (χ0) is 20.3. The second kappa shape index (κ2) is 8.02. The second-order valence-corrected chi connectivity index (χ2v) is 9.16. The Kier molecular flexibility index (Phi) is 5.69. The molecular weight excluding hydrogens is 378 g/mol. The van der Waals surface area contributed by atoms with Crippen LogP contribution in [0.2, 0.25) is 0 Å². The number of carbonyl (C=O) groups excluding carboxylic acids is 2. The zero-order valence-corrected chi connectivity index (χ0v) is 16.6. The number of nitrogens with one attached hydrogen (secondary N) is 2. The van der Waals surface area contributed by atoms with Crippen LogP contribution in [-0.4, -0.2) is 32.0 Å². The summed E-state index contributed by atoms with van der Waals surface area (Å²) in [5, 5.41) is 2.25. The Bertz CT molecular complexity index is 968. The van der Waals surface area contributed by atoms with Crippen LogP contribution in [0.4, 0.5) is 17.1 Å². The third-order valence-corrected chi connectivity index (χ3v) is 6.30. The van der Waals surface area contributed by atoms with Gasteiger partial charge in [0.05, 0.1) is 5.25 Å². The van der Waals surface area contributed by atoms with E-state index >= 15 is 0 Å². The van der Waals surface area contributed by atoms with Crippen LogP contribution < -0.4 is 14.9 Å². The molecule has 1 aliphatic rings. The van der Waals surface area contributed by atoms with Gasteiger partial charge >= 0.3 is 0 Å². The topological polar surface area (TPSA) is 95.6 Å². The molecule has 0 atom stereocenters. The minimum atomic E-state index is -3.43. The van der Waals surface area contributed by atoms with Crippen LogP contribution in [0.3, 0.4) is 0 Å². The maximum atomic E-state index is 12.4. The van der Waals surface area contributed by atoms with E-state index in [-0.39, 0.29) is 11.8 Å². The van der Waals surface area contributed by atoms with Crippen LogP contribution in [0, 0.1) is 0 Å². The van der Waals surface area contributed by atoms with Crippen molar-refractivity contribution in [3.8, 4) is 0 Å². The van der Waals surface area contributed by atoms with E-state index in [2.05, 4.69) is 10.0 Å². The fourth-order valence-corrected chi connectivity index (χ4v) is 3.52. The summed E-state index contributed by atoms with van der Waals surface area (Å²) in [4.78, 5) is 25.9. The van der Waals surface area contributed by atoms with Crippen molar-refractivity contribution in [3.63, 3.8) is 0 Å². The van der Waals surface area contributed by atoms with E-state index in [1.165, 1.54) is 0 Å². The van der Waals surface area contributed by atoms with Gasteiger partial charge in [0.25, 0.3) is 5.91 Å². The summed E-state index contributed by atoms with van der Waals surface area (Å²) in [5.74, 6) is -0.187. The summed E-state index contributed by atoms with van der Waals surface area (Å²) < 4.78 is 26.3. The van der Waals surface area contributed by atoms with Crippen molar-refractivity contribution in [3.05, 3.63) is 54.1 Å². The zero-order valence-electron chi connectivity index (χ0n) is 15.8. The van der Waals surface area contributed by atoms with E-state index in [0.29, 0.717) is 23.4 Å². The molecule has 2 amide bonds. The first-order valence-electron chi connectivity index (χ1n) is 9.10. The van der Waals surface area contributed by atoms with Gasteiger partial charge in [0, 0.05) is 35.6 Å². The molecule has 28 heavy (non-hydrogen) atoms. The van der Waals surface area contributed by atoms with Gasteiger partial charge in [-0.05, 0) is 68.8 Å². The Balaban J connectivity index is 1.64. The number of sulfonamides is 1. The van der Waals surface area contributed by atoms with Crippen molar-refractivity contribution in [1.29, 1.82) is 0 Å². The van der Waals surface area contributed by atoms with Gasteiger partial charge in [0.1, 0.15) is 0 Å². The van der Waals surface area contributed by atoms with E-state index in [1.807, 2.05) is 12.1 Å². The fraction of sp³-hybridized carbons (Fsp3) is 0.300. The number of anilines is 3. The average molecular weight is 401 g/mol. The highest BCUT2D eigenvalue weighted by Crippen LogP contribution is 2.23. The van der Waals surface area contributed by atoms with Crippen LogP contribution in [0.25, 0.3) is 0 Å². The van der Waals surface area contributed by atoms with Gasteiger partial charge in [-0.1, -0.05) is 0 Å². The average Bonchev–Trinajstić information content (AvgIpc) is 3.08. The fourth-order valence-electron chi connectivity index (χ4n) is 2.82. The smallest absolute Gasteiger partial charge is 0.255 e. The largest absolute Gasteiger partial charge is 0.322 e. The lowest BCUT2D eigenvalue weighted by Gasteiger charge is -2.16. The van der Waals surface area contributed by atoms with Gasteiger partial charge in [-0.15, -0.1) is 0 Å². The Morgan fingerprint density at radius 1 is 1.00 bits per heavy atom. The first-order chi connectivity index (χ1) is 13.3. The first-order valence-corrected chi connectivity index (χ1v) is 10.6. The highest BCUT2D eigenvalue weighted by molar-refractivity contribution is 7.93. The van der Waals surface area contributed by atoms with E-state index in [0.717, 1.165) is 18.7 Å². The third kappa shape index (κ3) is 4.51. The predicted octanol–water partition coefficient (Wildman–Crippen LogP) is 3.22. The Morgan fingerprint density at radius 3 is 2.14 bits per heavy atom. The molecule has 2 aromatic carbocycles. The molecule has 0 radical (unpaired) electrons. The summed E-state index contributed by atoms with van der Waals surface area (Å²) in [6, 6.07) is 13.3. The normalized spacial score (nSPS) is 14.4. The summed E-state index contributed by atoms with van der Waals surface area (Å²) in [6.07, 6.45) is 1.43. The van der Waals surface area contributed by atoms with Crippen molar-refractivity contribution in [2.45, 2.75) is 31.9 Å². The quantitative estimate of drug-likeness (QED) is 0.777. The van der Waals surface area contributed by atoms with Crippen LogP contribution in [0.5, 0.6) is 0 Å². The number of hydrogen-bond donors (Lipinski definition) is 2. The van der Waals surface area contributed by atoms with Crippen molar-refractivity contribution in [2.75, 3.05) is 21.5 Å². The van der Waals surface area contributed by atoms with Crippen LogP contribution in [0.15, 0.2) is 48.5 Å². The van der Waals surface area contributed by atoms with Crippen molar-refractivity contribution < 1.29 is 18.0 Å². The molecule has 2 N–H and O–H groups in total. The molecule has 0 aliphatic carbocycles. The highest BCUT2D eigenvalue weighted by Gasteiger charge is 2.21. The number of rotatable bonds is 6. The highest BCUT2D eigenvalue weighted by atomic mass is 32.2. The summed E-state index contributed by atoms with van der Waals surface area (Å²) in [6.45, 7) is 3.90. The number of hydrogen-bond acceptors (Lipinski definition) is 4. The van der Waals surface area contributed by atoms with E-state index in [4.69, 9.17) is 0 Å². The lowest BCUT2D eigenvalue weighted by atomic mass is 10.2. The Morgan fingerprint density at radius 2 is 1.61 bits per heavy atom. The summed E-state index contributed by atoms with van der Waals surface area (Å²) >= 11 is 0. The monoisotopic (exact) mass is 401 g/mol. The second-order valence-electron chi connectivity index (χ2n) is 6.92. The van der Waals surface area contributed by atoms with Gasteiger partial charge in [-0.2, -0.15) is 0 Å². The van der Waals surface area contributed by atoms with Crippen molar-refractivity contribution >= 4 is 38.9 Å². The molecule has 8 heteroatoms. The molecule has 0 unspecified atom stereocenters. The SMILES string of the molecule is CC(C)S(=O)(=O)Nc1ccc(C(=O)Nc2ccc(N3CCCC3=O)cc2)cc1. The van der Waals surface area contributed by atoms with Crippen molar-refractivity contribution in [1.82, 2.24) is 0 Å². The summed E-state index contributed by atoms with van der Waals surface area (Å²) in [7, 11) is -3.43. The van der Waals surface area contributed by atoms with E-state index < -0.39 is 15.3 Å². The minimum Gasteiger partial charge on any atom is -0.322 e. The molecule has 0 saturated carbocycles. The number of carbonyl (C=O) groups is 2. The maximum Gasteiger partial charge on any atom is 0.255 e. The molecular formula is C20H23N3O4S. The minimum absolute atomic E-state index is 0.116. The molecule has 2 aromatic rings. The molecule has 1 aliphatic heterocycles. The number of benzene rings is 2. The molecule has 7 nitrogen and oxygen atoms in total. The maximum absolute atomic E-state index is 12.4. The molecule has 1 fully saturated rings. The van der Waals surface area contributed by atoms with Crippen molar-refractivity contribution in [2.24, 2.45) is 0 Å². The lowest BCUT2D eigenvalue weighted by molar-refractivity contribution is -0.117. The molecule has 1 saturated heterocycles. The van der Waals surface area contributed by atoms with Gasteiger partial charge < -0.3 is 10.2 Å². The standard InChI is InChI=1S/C20H23N3O4S/c1-14(2)28(26,27)22-17-7-5-15(6-8-17)20(25)21-16-9-11-18(12-10-16)23-13-3-4-19(23)24/h5-12,14,22H,3-4,13H2,1-2H3,(H,21,25). The van der Waals surface area contributed by atoms with Crippen LogP contribution in [-0.2, 0) is 14.8 Å². The molecule has 0 spiro atoms. The molecule has 0 bridgehead atoms. The number of amides is 2. The Labute approximate surface area is 164 Å². The molecule has 3 rings (SSSR count). The Hall–Kier alpha value is -2.87. The van der Waals surface area contributed by atoms with E-state index in [9.17, 15) is 18.0 Å². The molecule has 0 aromatic heterocycles. The number of nitrogens with zero attached hydrogens (tertiary/aromatic N) is 1. The predicted molar refractivity (Wildman–Crippen MR) is 110 cm³/mol. The van der Waals surface area contributed by atoms with Gasteiger partial charge in [0.15, 0.2) is 0 Å². The van der Waals surface area contributed by atoms with Crippen LogP contribution in [0.1, 0.15) is 37.0 Å². The summed E-state index contributed by atoms with van der Waals surface area (Å²) in [5.41, 5.74) is 2.25. The third-order valence-electron chi connectivity index (χ3n) is 4.54. The lowest BCUT2D eigenvalue weighted by Crippen LogP contribution is -2.23. The molecule has 1 heterocycles. The van der Waals surface area contributed by atoms with E-state index in [1.54, 1.807) is 55.1 Å². The first kappa shape index (κ1) is 19.9. The van der Waals surface area contributed by atoms with Gasteiger partial charge in [0.2, 0.25) is 15.9 Å². The van der Waals surface area contributed by atoms with Gasteiger partial charge in [-0.3, -0.25) is 14.3 Å².